The van der Waals surface area contributed by atoms with Gasteiger partial charge in [-0.05, 0) is 25.0 Å². The Balaban J connectivity index is 2.18. The van der Waals surface area contributed by atoms with E-state index in [-0.39, 0.29) is 17.1 Å². The van der Waals surface area contributed by atoms with Crippen LogP contribution in [0.4, 0.5) is 0 Å². The van der Waals surface area contributed by atoms with Crippen molar-refractivity contribution in [2.75, 3.05) is 6.61 Å². The highest BCUT2D eigenvalue weighted by Gasteiger charge is 2.27. The Bertz CT molecular complexity index is 532. The average molecular weight is 279 g/mol. The molecule has 1 atom stereocenters. The van der Waals surface area contributed by atoms with Crippen LogP contribution in [0.5, 0.6) is 0 Å². The summed E-state index contributed by atoms with van der Waals surface area (Å²) in [6.07, 6.45) is 0. The number of benzene rings is 1. The Morgan fingerprint density at radius 1 is 1.42 bits per heavy atom. The van der Waals surface area contributed by atoms with Crippen molar-refractivity contribution in [3.8, 4) is 0 Å². The molecule has 19 heavy (non-hydrogen) atoms. The lowest BCUT2D eigenvalue weighted by Gasteiger charge is -2.16. The van der Waals surface area contributed by atoms with Crippen LogP contribution in [0.25, 0.3) is 11.1 Å². The van der Waals surface area contributed by atoms with Crippen molar-refractivity contribution in [3.05, 3.63) is 24.3 Å². The van der Waals surface area contributed by atoms with Gasteiger partial charge in [-0.2, -0.15) is 0 Å². The number of para-hydroxylation sites is 2. The summed E-state index contributed by atoms with van der Waals surface area (Å²) in [6.45, 7) is 6.16. The number of nitrogens with zero attached hydrogens (tertiary/aromatic N) is 1. The van der Waals surface area contributed by atoms with Crippen LogP contribution in [0.2, 0.25) is 0 Å². The number of fused-ring (bicyclic) bond motifs is 1. The summed E-state index contributed by atoms with van der Waals surface area (Å²) in [5.74, 6) is -0.0659. The van der Waals surface area contributed by atoms with E-state index in [4.69, 9.17) is 9.15 Å². The van der Waals surface area contributed by atoms with E-state index in [1.807, 2.05) is 38.1 Å². The Hall–Kier alpha value is -1.49. The lowest BCUT2D eigenvalue weighted by Crippen LogP contribution is -2.25. The minimum absolute atomic E-state index is 0.152. The molecule has 2 aromatic rings. The summed E-state index contributed by atoms with van der Waals surface area (Å²) >= 11 is 1.32. The second-order valence-electron chi connectivity index (χ2n) is 4.48. The summed E-state index contributed by atoms with van der Waals surface area (Å²) < 4.78 is 10.7. The van der Waals surface area contributed by atoms with Crippen LogP contribution < -0.4 is 0 Å². The third-order valence-electron chi connectivity index (χ3n) is 2.63. The van der Waals surface area contributed by atoms with Gasteiger partial charge in [-0.3, -0.25) is 4.79 Å². The first-order valence-corrected chi connectivity index (χ1v) is 7.18. The summed E-state index contributed by atoms with van der Waals surface area (Å²) in [5.41, 5.74) is 1.53. The maximum absolute atomic E-state index is 11.9. The van der Waals surface area contributed by atoms with Crippen molar-refractivity contribution >= 4 is 28.8 Å². The first kappa shape index (κ1) is 13.9. The van der Waals surface area contributed by atoms with Crippen molar-refractivity contribution in [2.45, 2.75) is 31.2 Å². The van der Waals surface area contributed by atoms with Crippen LogP contribution in [0, 0.1) is 5.92 Å². The summed E-state index contributed by atoms with van der Waals surface area (Å²) in [4.78, 5) is 16.3. The van der Waals surface area contributed by atoms with E-state index >= 15 is 0 Å². The molecule has 0 aliphatic rings. The highest BCUT2D eigenvalue weighted by Crippen LogP contribution is 2.30. The van der Waals surface area contributed by atoms with E-state index in [1.165, 1.54) is 11.8 Å². The number of aromatic nitrogens is 1. The standard InChI is InChI=1S/C14H17NO3S/c1-4-17-13(16)12(9(2)3)19-14-15-10-7-5-6-8-11(10)18-14/h5-9,12H,4H2,1-3H3/t12-/m1/s1. The van der Waals surface area contributed by atoms with Crippen molar-refractivity contribution in [1.82, 2.24) is 4.98 Å². The molecule has 5 heteroatoms. The van der Waals surface area contributed by atoms with Gasteiger partial charge in [0.1, 0.15) is 10.8 Å². The van der Waals surface area contributed by atoms with Gasteiger partial charge in [-0.1, -0.05) is 37.7 Å². The molecular formula is C14H17NO3S. The van der Waals surface area contributed by atoms with E-state index in [0.717, 1.165) is 11.1 Å². The van der Waals surface area contributed by atoms with Gasteiger partial charge >= 0.3 is 5.97 Å². The molecule has 0 unspecified atom stereocenters. The second kappa shape index (κ2) is 6.10. The second-order valence-corrected chi connectivity index (χ2v) is 5.57. The van der Waals surface area contributed by atoms with E-state index in [9.17, 15) is 4.79 Å². The molecule has 0 N–H and O–H groups in total. The molecule has 2 rings (SSSR count). The predicted octanol–water partition coefficient (Wildman–Crippen LogP) is 3.51. The molecule has 102 valence electrons. The van der Waals surface area contributed by atoms with Gasteiger partial charge in [0.15, 0.2) is 5.58 Å². The Labute approximate surface area is 116 Å². The molecule has 0 radical (unpaired) electrons. The molecule has 1 heterocycles. The van der Waals surface area contributed by atoms with Gasteiger partial charge in [0.2, 0.25) is 0 Å². The minimum Gasteiger partial charge on any atom is -0.465 e. The highest BCUT2D eigenvalue weighted by molar-refractivity contribution is 8.00. The minimum atomic E-state index is -0.298. The first-order chi connectivity index (χ1) is 9.11. The lowest BCUT2D eigenvalue weighted by molar-refractivity contribution is -0.143. The van der Waals surface area contributed by atoms with Gasteiger partial charge in [-0.25, -0.2) is 4.98 Å². The van der Waals surface area contributed by atoms with Crippen molar-refractivity contribution in [2.24, 2.45) is 5.92 Å². The third-order valence-corrected chi connectivity index (χ3v) is 3.99. The number of hydrogen-bond acceptors (Lipinski definition) is 5. The van der Waals surface area contributed by atoms with E-state index in [2.05, 4.69) is 4.98 Å². The molecule has 0 saturated carbocycles. The summed E-state index contributed by atoms with van der Waals surface area (Å²) in [5, 5.41) is 0.209. The fourth-order valence-electron chi connectivity index (χ4n) is 1.69. The van der Waals surface area contributed by atoms with Crippen molar-refractivity contribution in [3.63, 3.8) is 0 Å². The number of carbonyl (C=O) groups excluding carboxylic acids is 1. The van der Waals surface area contributed by atoms with Crippen LogP contribution in [-0.4, -0.2) is 22.8 Å². The Kier molecular flexibility index (Phi) is 4.47. The zero-order valence-electron chi connectivity index (χ0n) is 11.3. The molecule has 0 aliphatic heterocycles. The first-order valence-electron chi connectivity index (χ1n) is 6.30. The topological polar surface area (TPSA) is 52.3 Å². The van der Waals surface area contributed by atoms with E-state index in [1.54, 1.807) is 6.92 Å². The summed E-state index contributed by atoms with van der Waals surface area (Å²) in [7, 11) is 0. The van der Waals surface area contributed by atoms with Crippen LogP contribution in [0.3, 0.4) is 0 Å². The van der Waals surface area contributed by atoms with Crippen LogP contribution >= 0.6 is 11.8 Å². The zero-order valence-corrected chi connectivity index (χ0v) is 12.1. The van der Waals surface area contributed by atoms with Crippen LogP contribution in [0.15, 0.2) is 33.9 Å². The number of rotatable bonds is 5. The van der Waals surface area contributed by atoms with Gasteiger partial charge in [0, 0.05) is 0 Å². The molecule has 0 aliphatic carbocycles. The molecule has 0 spiro atoms. The molecule has 4 nitrogen and oxygen atoms in total. The number of esters is 1. The maximum atomic E-state index is 11.9. The van der Waals surface area contributed by atoms with Crippen molar-refractivity contribution in [1.29, 1.82) is 0 Å². The SMILES string of the molecule is CCOC(=O)[C@H](Sc1nc2ccccc2o1)C(C)C. The van der Waals surface area contributed by atoms with Gasteiger partial charge in [0.25, 0.3) is 5.22 Å². The van der Waals surface area contributed by atoms with Crippen LogP contribution in [-0.2, 0) is 9.53 Å². The lowest BCUT2D eigenvalue weighted by atomic mass is 10.1. The molecule has 0 fully saturated rings. The van der Waals surface area contributed by atoms with Crippen molar-refractivity contribution < 1.29 is 13.9 Å². The fourth-order valence-corrected chi connectivity index (χ4v) is 2.63. The molecule has 1 aromatic heterocycles. The molecular weight excluding hydrogens is 262 g/mol. The zero-order chi connectivity index (χ0) is 13.8. The number of ether oxygens (including phenoxy) is 1. The van der Waals surface area contributed by atoms with Gasteiger partial charge in [-0.15, -0.1) is 0 Å². The highest BCUT2D eigenvalue weighted by atomic mass is 32.2. The summed E-state index contributed by atoms with van der Waals surface area (Å²) in [6, 6.07) is 7.55. The molecule has 0 bridgehead atoms. The smallest absolute Gasteiger partial charge is 0.319 e. The Morgan fingerprint density at radius 3 is 2.79 bits per heavy atom. The predicted molar refractivity (Wildman–Crippen MR) is 75.1 cm³/mol. The Morgan fingerprint density at radius 2 is 2.16 bits per heavy atom. The number of oxazole rings is 1. The monoisotopic (exact) mass is 279 g/mol. The third kappa shape index (κ3) is 3.29. The number of hydrogen-bond donors (Lipinski definition) is 0. The number of thioether (sulfide) groups is 1. The molecule has 0 amide bonds. The van der Waals surface area contributed by atoms with E-state index in [0.29, 0.717) is 11.8 Å². The molecule has 1 aromatic carbocycles. The molecule has 0 saturated heterocycles. The van der Waals surface area contributed by atoms with Gasteiger partial charge in [0.05, 0.1) is 6.61 Å². The quantitative estimate of drug-likeness (QED) is 0.619. The number of carbonyl (C=O) groups is 1. The van der Waals surface area contributed by atoms with Crippen LogP contribution in [0.1, 0.15) is 20.8 Å². The average Bonchev–Trinajstić information content (AvgIpc) is 2.78. The largest absolute Gasteiger partial charge is 0.465 e. The fraction of sp³-hybridized carbons (Fsp3) is 0.429. The maximum Gasteiger partial charge on any atom is 0.319 e. The normalized spacial score (nSPS) is 12.8. The van der Waals surface area contributed by atoms with Gasteiger partial charge < -0.3 is 9.15 Å². The van der Waals surface area contributed by atoms with E-state index < -0.39 is 0 Å².